The topological polar surface area (TPSA) is 36.1 Å². The summed E-state index contributed by atoms with van der Waals surface area (Å²) in [5, 5.41) is 1.29. The largest absolute Gasteiger partial charge is 0.358 e. The summed E-state index contributed by atoms with van der Waals surface area (Å²) in [4.78, 5) is 18.0. The molecule has 4 heteroatoms. The predicted molar refractivity (Wildman–Crippen MR) is 86.8 cm³/mol. The summed E-state index contributed by atoms with van der Waals surface area (Å²) in [6.07, 6.45) is 1.79. The third-order valence-corrected chi connectivity index (χ3v) is 5.03. The van der Waals surface area contributed by atoms with E-state index in [0.717, 1.165) is 25.9 Å². The Hall–Kier alpha value is -1.48. The second kappa shape index (κ2) is 5.38. The summed E-state index contributed by atoms with van der Waals surface area (Å²) >= 11 is 5.94. The van der Waals surface area contributed by atoms with Crippen LogP contribution in [0.4, 0.5) is 0 Å². The number of hydrogen-bond acceptors (Lipinski definition) is 1. The van der Waals surface area contributed by atoms with Crippen LogP contribution in [0.15, 0.2) is 24.3 Å². The van der Waals surface area contributed by atoms with Gasteiger partial charge in [0.2, 0.25) is 5.91 Å². The Morgan fingerprint density at radius 2 is 2.00 bits per heavy atom. The molecule has 3 nitrogen and oxygen atoms in total. The van der Waals surface area contributed by atoms with Gasteiger partial charge in [-0.2, -0.15) is 0 Å². The molecule has 1 aromatic heterocycles. The van der Waals surface area contributed by atoms with Crippen LogP contribution in [-0.4, -0.2) is 34.8 Å². The molecule has 0 atom stereocenters. The number of carbonyl (C=O) groups excluding carboxylic acids is 1. The summed E-state index contributed by atoms with van der Waals surface area (Å²) < 4.78 is 0. The lowest BCUT2D eigenvalue weighted by atomic mass is 9.94. The Morgan fingerprint density at radius 3 is 2.76 bits per heavy atom. The minimum atomic E-state index is -0.484. The van der Waals surface area contributed by atoms with Gasteiger partial charge in [-0.3, -0.25) is 4.79 Å². The highest BCUT2D eigenvalue weighted by atomic mass is 35.5. The molecule has 2 heterocycles. The number of aromatic nitrogens is 1. The molecule has 1 aromatic carbocycles. The minimum absolute atomic E-state index is 0.159. The van der Waals surface area contributed by atoms with Gasteiger partial charge in [0.1, 0.15) is 0 Å². The van der Waals surface area contributed by atoms with Crippen LogP contribution in [0.2, 0.25) is 0 Å². The smallest absolute Gasteiger partial charge is 0.229 e. The van der Waals surface area contributed by atoms with Crippen LogP contribution in [0.1, 0.15) is 25.1 Å². The van der Waals surface area contributed by atoms with E-state index < -0.39 is 5.41 Å². The first-order chi connectivity index (χ1) is 10.0. The van der Waals surface area contributed by atoms with Crippen molar-refractivity contribution in [3.8, 4) is 0 Å². The molecule has 2 aromatic rings. The van der Waals surface area contributed by atoms with Crippen molar-refractivity contribution in [2.24, 2.45) is 5.41 Å². The van der Waals surface area contributed by atoms with E-state index in [1.165, 1.54) is 22.2 Å². The third-order valence-electron chi connectivity index (χ3n) is 4.37. The molecule has 0 saturated carbocycles. The molecule has 0 spiro atoms. The average Bonchev–Trinajstić information content (AvgIpc) is 2.71. The molecule has 112 valence electrons. The number of fused-ring (bicyclic) bond motifs is 3. The van der Waals surface area contributed by atoms with E-state index in [0.29, 0.717) is 5.88 Å². The van der Waals surface area contributed by atoms with Crippen LogP contribution >= 0.6 is 11.6 Å². The van der Waals surface area contributed by atoms with Crippen molar-refractivity contribution in [1.82, 2.24) is 9.88 Å². The van der Waals surface area contributed by atoms with E-state index in [2.05, 4.69) is 29.2 Å². The van der Waals surface area contributed by atoms with E-state index in [1.54, 1.807) is 0 Å². The maximum atomic E-state index is 12.6. The quantitative estimate of drug-likeness (QED) is 0.849. The summed E-state index contributed by atoms with van der Waals surface area (Å²) in [6, 6.07) is 8.40. The molecule has 0 aliphatic carbocycles. The first-order valence-corrected chi connectivity index (χ1v) is 8.00. The lowest BCUT2D eigenvalue weighted by Crippen LogP contribution is -2.43. The summed E-state index contributed by atoms with van der Waals surface area (Å²) in [7, 11) is 0. The lowest BCUT2D eigenvalue weighted by Gasteiger charge is -2.29. The fourth-order valence-corrected chi connectivity index (χ4v) is 3.16. The molecule has 1 aliphatic rings. The summed E-state index contributed by atoms with van der Waals surface area (Å²) in [5.74, 6) is 0.517. The highest BCUT2D eigenvalue weighted by Gasteiger charge is 2.32. The SMILES string of the molecule is CC(C)(CCl)C(=O)N1CCc2[nH]c3ccccc3c2CC1. The van der Waals surface area contributed by atoms with E-state index in [-0.39, 0.29) is 5.91 Å². The monoisotopic (exact) mass is 304 g/mol. The van der Waals surface area contributed by atoms with Crippen LogP contribution in [-0.2, 0) is 17.6 Å². The van der Waals surface area contributed by atoms with Crippen LogP contribution in [0, 0.1) is 5.41 Å². The zero-order chi connectivity index (χ0) is 15.0. The Morgan fingerprint density at radius 1 is 1.29 bits per heavy atom. The molecule has 1 aliphatic heterocycles. The predicted octanol–water partition coefficient (Wildman–Crippen LogP) is 3.36. The number of nitrogens with zero attached hydrogens (tertiary/aromatic N) is 1. The molecular formula is C17H21ClN2O. The van der Waals surface area contributed by atoms with Crippen LogP contribution in [0.25, 0.3) is 10.9 Å². The molecule has 1 N–H and O–H groups in total. The van der Waals surface area contributed by atoms with E-state index in [9.17, 15) is 4.79 Å². The number of para-hydroxylation sites is 1. The summed E-state index contributed by atoms with van der Waals surface area (Å²) in [6.45, 7) is 5.37. The van der Waals surface area contributed by atoms with Gasteiger partial charge in [-0.15, -0.1) is 11.6 Å². The molecule has 0 radical (unpaired) electrons. The van der Waals surface area contributed by atoms with Crippen molar-refractivity contribution in [1.29, 1.82) is 0 Å². The molecular weight excluding hydrogens is 284 g/mol. The lowest BCUT2D eigenvalue weighted by molar-refractivity contribution is -0.139. The van der Waals surface area contributed by atoms with Crippen molar-refractivity contribution in [3.63, 3.8) is 0 Å². The number of alkyl halides is 1. The van der Waals surface area contributed by atoms with Crippen molar-refractivity contribution in [2.75, 3.05) is 19.0 Å². The maximum absolute atomic E-state index is 12.6. The van der Waals surface area contributed by atoms with E-state index in [1.807, 2.05) is 18.7 Å². The Kier molecular flexibility index (Phi) is 3.70. The number of carbonyl (C=O) groups is 1. The molecule has 0 bridgehead atoms. The number of H-pyrrole nitrogens is 1. The molecule has 3 rings (SSSR count). The standard InChI is InChI=1S/C17H21ClN2O/c1-17(2,11-18)16(21)20-9-7-13-12-5-3-4-6-14(12)19-15(13)8-10-20/h3-6,19H,7-11H2,1-2H3. The van der Waals surface area contributed by atoms with Crippen LogP contribution < -0.4 is 0 Å². The fourth-order valence-electron chi connectivity index (χ4n) is 3.05. The zero-order valence-corrected chi connectivity index (χ0v) is 13.3. The van der Waals surface area contributed by atoms with Gasteiger partial charge in [0.15, 0.2) is 0 Å². The van der Waals surface area contributed by atoms with Crippen LogP contribution in [0.3, 0.4) is 0 Å². The molecule has 0 fully saturated rings. The second-order valence-corrected chi connectivity index (χ2v) is 6.70. The number of rotatable bonds is 2. The number of amides is 1. The highest BCUT2D eigenvalue weighted by Crippen LogP contribution is 2.27. The first-order valence-electron chi connectivity index (χ1n) is 7.47. The van der Waals surface area contributed by atoms with Crippen molar-refractivity contribution >= 4 is 28.4 Å². The van der Waals surface area contributed by atoms with Gasteiger partial charge in [-0.25, -0.2) is 0 Å². The average molecular weight is 305 g/mol. The number of halogens is 1. The summed E-state index contributed by atoms with van der Waals surface area (Å²) in [5.41, 5.74) is 3.35. The van der Waals surface area contributed by atoms with Gasteiger partial charge in [0.05, 0.1) is 5.41 Å². The van der Waals surface area contributed by atoms with Gasteiger partial charge in [0, 0.05) is 42.0 Å². The zero-order valence-electron chi connectivity index (χ0n) is 12.6. The van der Waals surface area contributed by atoms with Crippen molar-refractivity contribution in [2.45, 2.75) is 26.7 Å². The Balaban J connectivity index is 1.85. The second-order valence-electron chi connectivity index (χ2n) is 6.44. The third kappa shape index (κ3) is 2.55. The highest BCUT2D eigenvalue weighted by molar-refractivity contribution is 6.19. The number of aromatic amines is 1. The minimum Gasteiger partial charge on any atom is -0.358 e. The first kappa shape index (κ1) is 14.5. The Labute approximate surface area is 130 Å². The normalized spacial score (nSPS) is 15.9. The van der Waals surface area contributed by atoms with Gasteiger partial charge in [0.25, 0.3) is 0 Å². The molecule has 1 amide bonds. The number of benzene rings is 1. The van der Waals surface area contributed by atoms with Gasteiger partial charge < -0.3 is 9.88 Å². The Bertz CT molecular complexity index is 674. The van der Waals surface area contributed by atoms with E-state index in [4.69, 9.17) is 11.6 Å². The van der Waals surface area contributed by atoms with Gasteiger partial charge >= 0.3 is 0 Å². The van der Waals surface area contributed by atoms with Crippen LogP contribution in [0.5, 0.6) is 0 Å². The van der Waals surface area contributed by atoms with Gasteiger partial charge in [-0.1, -0.05) is 18.2 Å². The number of nitrogens with one attached hydrogen (secondary N) is 1. The molecule has 0 saturated heterocycles. The fraction of sp³-hybridized carbons (Fsp3) is 0.471. The van der Waals surface area contributed by atoms with E-state index >= 15 is 0 Å². The number of hydrogen-bond donors (Lipinski definition) is 1. The maximum Gasteiger partial charge on any atom is 0.229 e. The molecule has 0 unspecified atom stereocenters. The van der Waals surface area contributed by atoms with Crippen molar-refractivity contribution in [3.05, 3.63) is 35.5 Å². The van der Waals surface area contributed by atoms with Gasteiger partial charge in [-0.05, 0) is 31.9 Å². The van der Waals surface area contributed by atoms with Crippen molar-refractivity contribution < 1.29 is 4.79 Å². The molecule has 21 heavy (non-hydrogen) atoms.